The predicted octanol–water partition coefficient (Wildman–Crippen LogP) is 4.27. The van der Waals surface area contributed by atoms with Gasteiger partial charge in [-0.1, -0.05) is 12.1 Å². The van der Waals surface area contributed by atoms with Gasteiger partial charge >= 0.3 is 0 Å². The summed E-state index contributed by atoms with van der Waals surface area (Å²) in [5, 5.41) is 9.34. The number of fused-ring (bicyclic) bond motifs is 3. The maximum atomic E-state index is 13.0. The maximum Gasteiger partial charge on any atom is 0.260 e. The lowest BCUT2D eigenvalue weighted by atomic mass is 9.99. The summed E-state index contributed by atoms with van der Waals surface area (Å²) in [6.45, 7) is 0.465. The second-order valence-electron chi connectivity index (χ2n) is 6.96. The van der Waals surface area contributed by atoms with Gasteiger partial charge in [0, 0.05) is 28.7 Å². The molecule has 0 saturated heterocycles. The molecular formula is C22H15N5O. The molecule has 0 saturated carbocycles. The Balaban J connectivity index is 1.57. The lowest BCUT2D eigenvalue weighted by molar-refractivity contribution is 0.0997. The van der Waals surface area contributed by atoms with E-state index in [1.54, 1.807) is 23.4 Å². The van der Waals surface area contributed by atoms with Gasteiger partial charge in [0.05, 0.1) is 35.2 Å². The number of carbonyl (C=O) groups is 1. The number of carbonyl (C=O) groups excluding carboxylic acids is 1. The molecule has 0 bridgehead atoms. The van der Waals surface area contributed by atoms with Crippen LogP contribution in [0, 0.1) is 0 Å². The molecule has 0 spiro atoms. The highest BCUT2D eigenvalue weighted by molar-refractivity contribution is 6.14. The summed E-state index contributed by atoms with van der Waals surface area (Å²) in [5.74, 6) is -0.0254. The van der Waals surface area contributed by atoms with Crippen molar-refractivity contribution in [3.05, 3.63) is 78.4 Å². The smallest absolute Gasteiger partial charge is 0.260 e. The molecule has 1 amide bonds. The zero-order chi connectivity index (χ0) is 18.7. The quantitative estimate of drug-likeness (QED) is 0.490. The first-order chi connectivity index (χ1) is 13.8. The molecule has 3 aromatic heterocycles. The molecule has 0 unspecified atom stereocenters. The second-order valence-corrected chi connectivity index (χ2v) is 6.96. The summed E-state index contributed by atoms with van der Waals surface area (Å²) in [5.41, 5.74) is 6.44. The average molecular weight is 365 g/mol. The number of benzene rings is 2. The molecule has 1 aliphatic rings. The van der Waals surface area contributed by atoms with Gasteiger partial charge in [-0.15, -0.1) is 0 Å². The molecule has 0 radical (unpaired) electrons. The summed E-state index contributed by atoms with van der Waals surface area (Å²) in [6.07, 6.45) is 5.44. The lowest BCUT2D eigenvalue weighted by Crippen LogP contribution is -2.23. The summed E-state index contributed by atoms with van der Waals surface area (Å²) in [6, 6.07) is 16.1. The van der Waals surface area contributed by atoms with Crippen molar-refractivity contribution < 1.29 is 4.79 Å². The van der Waals surface area contributed by atoms with E-state index in [0.29, 0.717) is 12.1 Å². The molecule has 6 rings (SSSR count). The second kappa shape index (κ2) is 5.53. The van der Waals surface area contributed by atoms with Crippen molar-refractivity contribution in [3.63, 3.8) is 0 Å². The number of nitrogens with one attached hydrogen (secondary N) is 2. The Labute approximate surface area is 159 Å². The minimum atomic E-state index is -0.0254. The number of amides is 1. The number of pyridine rings is 1. The van der Waals surface area contributed by atoms with Gasteiger partial charge in [-0.2, -0.15) is 5.10 Å². The monoisotopic (exact) mass is 365 g/mol. The third-order valence-corrected chi connectivity index (χ3v) is 5.41. The van der Waals surface area contributed by atoms with Crippen LogP contribution in [0.3, 0.4) is 0 Å². The Morgan fingerprint density at radius 1 is 0.964 bits per heavy atom. The van der Waals surface area contributed by atoms with E-state index in [1.807, 2.05) is 18.3 Å². The first-order valence-electron chi connectivity index (χ1n) is 9.09. The number of H-pyrrole nitrogens is 2. The molecule has 0 atom stereocenters. The first kappa shape index (κ1) is 15.2. The molecule has 4 heterocycles. The molecule has 2 N–H and O–H groups in total. The van der Waals surface area contributed by atoms with Crippen LogP contribution in [0.5, 0.6) is 0 Å². The Hall–Kier alpha value is -3.93. The SMILES string of the molecule is O=C1c2cccnc2CN1c1cc(-c2cccc3[nH]ccc23)cc2[nH]ncc12. The van der Waals surface area contributed by atoms with Gasteiger partial charge in [-0.25, -0.2) is 0 Å². The molecule has 0 aliphatic carbocycles. The maximum absolute atomic E-state index is 13.0. The normalized spacial score (nSPS) is 13.6. The van der Waals surface area contributed by atoms with Crippen molar-refractivity contribution in [1.29, 1.82) is 0 Å². The summed E-state index contributed by atoms with van der Waals surface area (Å²) < 4.78 is 0. The van der Waals surface area contributed by atoms with Crippen LogP contribution >= 0.6 is 0 Å². The van der Waals surface area contributed by atoms with Crippen LogP contribution in [-0.2, 0) is 6.54 Å². The van der Waals surface area contributed by atoms with Gasteiger partial charge < -0.3 is 9.88 Å². The number of aromatic amines is 2. The van der Waals surface area contributed by atoms with Crippen LogP contribution in [0.2, 0.25) is 0 Å². The van der Waals surface area contributed by atoms with Crippen LogP contribution in [-0.4, -0.2) is 26.1 Å². The number of anilines is 1. The largest absolute Gasteiger partial charge is 0.361 e. The van der Waals surface area contributed by atoms with Crippen molar-refractivity contribution in [3.8, 4) is 11.1 Å². The number of hydrogen-bond donors (Lipinski definition) is 2. The van der Waals surface area contributed by atoms with E-state index in [-0.39, 0.29) is 5.91 Å². The number of aromatic nitrogens is 4. The van der Waals surface area contributed by atoms with Gasteiger partial charge in [0.2, 0.25) is 0 Å². The zero-order valence-electron chi connectivity index (χ0n) is 14.8. The molecule has 134 valence electrons. The van der Waals surface area contributed by atoms with E-state index < -0.39 is 0 Å². The van der Waals surface area contributed by atoms with Crippen LogP contribution in [0.25, 0.3) is 32.9 Å². The zero-order valence-corrected chi connectivity index (χ0v) is 14.8. The Bertz CT molecular complexity index is 1380. The van der Waals surface area contributed by atoms with Crippen molar-refractivity contribution in [2.75, 3.05) is 4.90 Å². The Morgan fingerprint density at radius 3 is 2.82 bits per heavy atom. The van der Waals surface area contributed by atoms with E-state index in [1.165, 1.54) is 0 Å². The number of hydrogen-bond acceptors (Lipinski definition) is 3. The summed E-state index contributed by atoms with van der Waals surface area (Å²) in [7, 11) is 0. The van der Waals surface area contributed by atoms with Crippen LogP contribution in [0.4, 0.5) is 5.69 Å². The molecular weight excluding hydrogens is 350 g/mol. The van der Waals surface area contributed by atoms with E-state index >= 15 is 0 Å². The highest BCUT2D eigenvalue weighted by Crippen LogP contribution is 2.38. The van der Waals surface area contributed by atoms with Crippen LogP contribution in [0.15, 0.2) is 67.1 Å². The third-order valence-electron chi connectivity index (χ3n) is 5.41. The summed E-state index contributed by atoms with van der Waals surface area (Å²) >= 11 is 0. The van der Waals surface area contributed by atoms with Crippen molar-refractivity contribution in [2.45, 2.75) is 6.54 Å². The fourth-order valence-electron chi connectivity index (χ4n) is 4.07. The Kier molecular flexibility index (Phi) is 3.00. The minimum absolute atomic E-state index is 0.0254. The van der Waals surface area contributed by atoms with Crippen molar-refractivity contribution in [1.82, 2.24) is 20.2 Å². The van der Waals surface area contributed by atoms with Crippen LogP contribution in [0.1, 0.15) is 16.1 Å². The van der Waals surface area contributed by atoms with E-state index in [9.17, 15) is 4.79 Å². The molecule has 28 heavy (non-hydrogen) atoms. The first-order valence-corrected chi connectivity index (χ1v) is 9.09. The lowest BCUT2D eigenvalue weighted by Gasteiger charge is -2.18. The highest BCUT2D eigenvalue weighted by atomic mass is 16.2. The van der Waals surface area contributed by atoms with Gasteiger partial charge in [-0.05, 0) is 47.5 Å². The van der Waals surface area contributed by atoms with Crippen molar-refractivity contribution in [2.24, 2.45) is 0 Å². The average Bonchev–Trinajstić information content (AvgIpc) is 3.45. The highest BCUT2D eigenvalue weighted by Gasteiger charge is 2.31. The van der Waals surface area contributed by atoms with E-state index in [4.69, 9.17) is 0 Å². The fraction of sp³-hybridized carbons (Fsp3) is 0.0455. The van der Waals surface area contributed by atoms with Gasteiger partial charge in [0.1, 0.15) is 0 Å². The third kappa shape index (κ3) is 2.05. The van der Waals surface area contributed by atoms with Gasteiger partial charge in [0.15, 0.2) is 0 Å². The van der Waals surface area contributed by atoms with E-state index in [0.717, 1.165) is 44.3 Å². The Morgan fingerprint density at radius 2 is 1.89 bits per heavy atom. The van der Waals surface area contributed by atoms with E-state index in [2.05, 4.69) is 50.5 Å². The molecule has 2 aromatic carbocycles. The molecule has 6 heteroatoms. The fourth-order valence-corrected chi connectivity index (χ4v) is 4.07. The molecule has 6 nitrogen and oxygen atoms in total. The standard InChI is InChI=1S/C22H15N5O/c28-22-16-4-2-7-23-20(16)12-27(22)21-10-13(9-19-17(21)11-25-26-19)14-3-1-5-18-15(14)6-8-24-18/h1-11,24H,12H2,(H,25,26). The number of rotatable bonds is 2. The van der Waals surface area contributed by atoms with Crippen molar-refractivity contribution >= 4 is 33.4 Å². The molecule has 0 fully saturated rings. The van der Waals surface area contributed by atoms with Gasteiger partial charge in [0.25, 0.3) is 5.91 Å². The number of nitrogens with zero attached hydrogens (tertiary/aromatic N) is 3. The van der Waals surface area contributed by atoms with Gasteiger partial charge in [-0.3, -0.25) is 14.9 Å². The summed E-state index contributed by atoms with van der Waals surface area (Å²) in [4.78, 5) is 22.5. The molecule has 5 aromatic rings. The minimum Gasteiger partial charge on any atom is -0.361 e. The predicted molar refractivity (Wildman–Crippen MR) is 108 cm³/mol. The van der Waals surface area contributed by atoms with Crippen LogP contribution < -0.4 is 4.90 Å². The molecule has 1 aliphatic heterocycles. The topological polar surface area (TPSA) is 77.7 Å².